The van der Waals surface area contributed by atoms with E-state index >= 15 is 0 Å². The number of benzene rings is 1. The highest BCUT2D eigenvalue weighted by molar-refractivity contribution is 9.11. The van der Waals surface area contributed by atoms with Crippen molar-refractivity contribution in [2.24, 2.45) is 5.10 Å². The lowest BCUT2D eigenvalue weighted by Crippen LogP contribution is -1.97. The highest BCUT2D eigenvalue weighted by Crippen LogP contribution is 2.29. The summed E-state index contributed by atoms with van der Waals surface area (Å²) >= 11 is 6.74. The van der Waals surface area contributed by atoms with Crippen LogP contribution in [0.4, 0.5) is 5.69 Å². The third-order valence-corrected chi connectivity index (χ3v) is 3.26. The predicted molar refractivity (Wildman–Crippen MR) is 68.9 cm³/mol. The molecule has 0 unspecified atom stereocenters. The Bertz CT molecular complexity index is 507. The summed E-state index contributed by atoms with van der Waals surface area (Å²) < 4.78 is 1.76. The van der Waals surface area contributed by atoms with Crippen LogP contribution in [0.5, 0.6) is 0 Å². The minimum absolute atomic E-state index is 0.215. The number of nitriles is 2. The van der Waals surface area contributed by atoms with Crippen LogP contribution in [0, 0.1) is 29.6 Å². The minimum Gasteiger partial charge on any atom is -0.275 e. The number of rotatable bonds is 2. The molecule has 80 valence electrons. The summed E-state index contributed by atoms with van der Waals surface area (Å²) in [6, 6.07) is 7.06. The van der Waals surface area contributed by atoms with E-state index in [-0.39, 0.29) is 5.71 Å². The van der Waals surface area contributed by atoms with Crippen molar-refractivity contribution in [3.8, 4) is 12.1 Å². The zero-order chi connectivity index (χ0) is 12.1. The zero-order valence-corrected chi connectivity index (χ0v) is 11.4. The third kappa shape index (κ3) is 3.06. The number of hydrazone groups is 1. The molecule has 0 amide bonds. The molecule has 0 aliphatic carbocycles. The fourth-order valence-corrected chi connectivity index (χ4v) is 2.02. The van der Waals surface area contributed by atoms with Crippen LogP contribution < -0.4 is 5.43 Å². The number of anilines is 1. The van der Waals surface area contributed by atoms with Crippen LogP contribution in [-0.2, 0) is 0 Å². The molecular weight excluding hydrogens is 336 g/mol. The topological polar surface area (TPSA) is 72.0 Å². The van der Waals surface area contributed by atoms with Gasteiger partial charge in [-0.3, -0.25) is 5.43 Å². The first-order valence-corrected chi connectivity index (χ1v) is 5.76. The van der Waals surface area contributed by atoms with Gasteiger partial charge >= 0.3 is 0 Å². The second-order valence-corrected chi connectivity index (χ2v) is 4.59. The summed E-state index contributed by atoms with van der Waals surface area (Å²) in [7, 11) is 0. The Morgan fingerprint density at radius 3 is 2.44 bits per heavy atom. The maximum absolute atomic E-state index is 8.51. The molecule has 1 aromatic carbocycles. The standard InChI is InChI=1S/C10H6Br2N4/c1-6-2-10(9(12)3-8(6)11)16-15-7(4-13)5-14/h2-3,16H,1H3. The molecule has 0 atom stereocenters. The van der Waals surface area contributed by atoms with Crippen molar-refractivity contribution in [1.82, 2.24) is 0 Å². The van der Waals surface area contributed by atoms with Gasteiger partial charge in [-0.25, -0.2) is 0 Å². The first kappa shape index (κ1) is 12.7. The average Bonchev–Trinajstić information content (AvgIpc) is 2.26. The van der Waals surface area contributed by atoms with E-state index in [2.05, 4.69) is 42.4 Å². The highest BCUT2D eigenvalue weighted by atomic mass is 79.9. The van der Waals surface area contributed by atoms with Gasteiger partial charge in [-0.05, 0) is 40.5 Å². The Balaban J connectivity index is 3.01. The summed E-state index contributed by atoms with van der Waals surface area (Å²) in [6.07, 6.45) is 0. The molecule has 0 radical (unpaired) electrons. The smallest absolute Gasteiger partial charge is 0.237 e. The van der Waals surface area contributed by atoms with E-state index < -0.39 is 0 Å². The fraction of sp³-hybridized carbons (Fsp3) is 0.100. The van der Waals surface area contributed by atoms with Gasteiger partial charge in [0.05, 0.1) is 5.69 Å². The molecule has 0 spiro atoms. The van der Waals surface area contributed by atoms with Gasteiger partial charge in [-0.2, -0.15) is 15.6 Å². The quantitative estimate of drug-likeness (QED) is 0.662. The third-order valence-electron chi connectivity index (χ3n) is 1.75. The summed E-state index contributed by atoms with van der Waals surface area (Å²) in [5.74, 6) is 0. The lowest BCUT2D eigenvalue weighted by Gasteiger charge is -2.06. The molecule has 0 heterocycles. The van der Waals surface area contributed by atoms with E-state index in [1.165, 1.54) is 0 Å². The first-order chi connectivity index (χ1) is 7.58. The number of hydrogen-bond donors (Lipinski definition) is 1. The maximum Gasteiger partial charge on any atom is 0.237 e. The molecule has 0 aliphatic heterocycles. The average molecular weight is 342 g/mol. The zero-order valence-electron chi connectivity index (χ0n) is 8.25. The van der Waals surface area contributed by atoms with E-state index in [0.29, 0.717) is 5.69 Å². The number of aryl methyl sites for hydroxylation is 1. The van der Waals surface area contributed by atoms with Crippen molar-refractivity contribution >= 4 is 43.3 Å². The van der Waals surface area contributed by atoms with E-state index in [4.69, 9.17) is 10.5 Å². The predicted octanol–water partition coefficient (Wildman–Crippen LogP) is 3.34. The van der Waals surface area contributed by atoms with Crippen molar-refractivity contribution < 1.29 is 0 Å². The number of nitrogens with zero attached hydrogens (tertiary/aromatic N) is 3. The Hall–Kier alpha value is -1.37. The molecule has 4 nitrogen and oxygen atoms in total. The summed E-state index contributed by atoms with van der Waals surface area (Å²) in [6.45, 7) is 1.93. The maximum atomic E-state index is 8.51. The van der Waals surface area contributed by atoms with Gasteiger partial charge in [0, 0.05) is 8.95 Å². The lowest BCUT2D eigenvalue weighted by molar-refractivity contribution is 1.30. The molecule has 16 heavy (non-hydrogen) atoms. The molecule has 0 aliphatic rings. The number of hydrogen-bond acceptors (Lipinski definition) is 4. The summed E-state index contributed by atoms with van der Waals surface area (Å²) in [5.41, 5.74) is 4.17. The SMILES string of the molecule is Cc1cc(NN=C(C#N)C#N)c(Br)cc1Br. The van der Waals surface area contributed by atoms with Crippen molar-refractivity contribution in [2.45, 2.75) is 6.92 Å². The normalized spacial score (nSPS) is 8.81. The van der Waals surface area contributed by atoms with E-state index in [1.807, 2.05) is 19.1 Å². The van der Waals surface area contributed by atoms with E-state index in [9.17, 15) is 0 Å². The largest absolute Gasteiger partial charge is 0.275 e. The van der Waals surface area contributed by atoms with Crippen LogP contribution in [0.1, 0.15) is 5.56 Å². The van der Waals surface area contributed by atoms with Gasteiger partial charge in [0.15, 0.2) is 0 Å². The second-order valence-electron chi connectivity index (χ2n) is 2.88. The molecule has 0 aromatic heterocycles. The summed E-state index contributed by atoms with van der Waals surface area (Å²) in [5, 5.41) is 20.7. The minimum atomic E-state index is -0.215. The van der Waals surface area contributed by atoms with E-state index in [0.717, 1.165) is 14.5 Å². The van der Waals surface area contributed by atoms with Gasteiger partial charge in [0.25, 0.3) is 0 Å². The lowest BCUT2D eigenvalue weighted by atomic mass is 10.2. The Morgan fingerprint density at radius 1 is 1.25 bits per heavy atom. The molecule has 0 fully saturated rings. The van der Waals surface area contributed by atoms with Gasteiger partial charge in [0.1, 0.15) is 12.1 Å². The van der Waals surface area contributed by atoms with Crippen LogP contribution in [0.15, 0.2) is 26.2 Å². The molecule has 1 N–H and O–H groups in total. The number of nitrogens with one attached hydrogen (secondary N) is 1. The summed E-state index contributed by atoms with van der Waals surface area (Å²) in [4.78, 5) is 0. The van der Waals surface area contributed by atoms with Gasteiger partial charge < -0.3 is 0 Å². The highest BCUT2D eigenvalue weighted by Gasteiger charge is 2.03. The van der Waals surface area contributed by atoms with Crippen molar-refractivity contribution in [3.05, 3.63) is 26.6 Å². The molecule has 0 saturated heterocycles. The molecule has 0 saturated carbocycles. The first-order valence-electron chi connectivity index (χ1n) is 4.18. The molecule has 1 aromatic rings. The molecule has 6 heteroatoms. The van der Waals surface area contributed by atoms with Crippen LogP contribution in [-0.4, -0.2) is 5.71 Å². The number of halogens is 2. The monoisotopic (exact) mass is 340 g/mol. The van der Waals surface area contributed by atoms with E-state index in [1.54, 1.807) is 12.1 Å². The fourth-order valence-electron chi connectivity index (χ4n) is 0.934. The Morgan fingerprint density at radius 2 is 1.88 bits per heavy atom. The molecule has 1 rings (SSSR count). The second kappa shape index (κ2) is 5.64. The molecular formula is C10H6Br2N4. The van der Waals surface area contributed by atoms with Crippen LogP contribution >= 0.6 is 31.9 Å². The van der Waals surface area contributed by atoms with Crippen LogP contribution in [0.3, 0.4) is 0 Å². The Kier molecular flexibility index (Phi) is 4.48. The van der Waals surface area contributed by atoms with Crippen molar-refractivity contribution in [2.75, 3.05) is 5.43 Å². The van der Waals surface area contributed by atoms with Crippen LogP contribution in [0.2, 0.25) is 0 Å². The van der Waals surface area contributed by atoms with Crippen molar-refractivity contribution in [3.63, 3.8) is 0 Å². The van der Waals surface area contributed by atoms with Gasteiger partial charge in [-0.15, -0.1) is 0 Å². The van der Waals surface area contributed by atoms with Crippen molar-refractivity contribution in [1.29, 1.82) is 10.5 Å². The van der Waals surface area contributed by atoms with Gasteiger partial charge in [-0.1, -0.05) is 15.9 Å². The Labute approximate surface area is 110 Å². The molecule has 0 bridgehead atoms. The van der Waals surface area contributed by atoms with Crippen LogP contribution in [0.25, 0.3) is 0 Å². The van der Waals surface area contributed by atoms with Gasteiger partial charge in [0.2, 0.25) is 5.71 Å².